The Hall–Kier alpha value is -3.18. The fourth-order valence-electron chi connectivity index (χ4n) is 4.90. The number of urea groups is 1. The average Bonchev–Trinajstić information content (AvgIpc) is 2.95. The van der Waals surface area contributed by atoms with E-state index in [4.69, 9.17) is 23.2 Å². The predicted octanol–water partition coefficient (Wildman–Crippen LogP) is 6.03. The number of sulfonamides is 1. The normalized spacial score (nSPS) is 17.1. The van der Waals surface area contributed by atoms with E-state index < -0.39 is 26.8 Å². The van der Waals surface area contributed by atoms with Gasteiger partial charge in [0, 0.05) is 47.5 Å². The van der Waals surface area contributed by atoms with Gasteiger partial charge in [-0.2, -0.15) is 0 Å². The van der Waals surface area contributed by atoms with Gasteiger partial charge >= 0.3 is 6.03 Å². The second-order valence-electron chi connectivity index (χ2n) is 9.90. The number of hydrogen-bond donors (Lipinski definition) is 3. The molecule has 0 bridgehead atoms. The van der Waals surface area contributed by atoms with Crippen LogP contribution in [0.4, 0.5) is 14.9 Å². The number of carbonyl (C=O) groups is 2. The van der Waals surface area contributed by atoms with Gasteiger partial charge in [0.2, 0.25) is 10.0 Å². The van der Waals surface area contributed by atoms with Crippen LogP contribution in [0.15, 0.2) is 71.6 Å². The SMILES string of the molecule is CN(C(=O)c1ccc(Cl)cc1)C1CCC(c2ccc(NC(=O)NCCNS(=O)(=O)c3ccc(Cl)cc3F)cc2)CC1. The molecular weight excluding hydrogens is 590 g/mol. The quantitative estimate of drug-likeness (QED) is 0.254. The summed E-state index contributed by atoms with van der Waals surface area (Å²) in [5.41, 5.74) is 2.39. The molecule has 3 aromatic carbocycles. The number of rotatable bonds is 9. The Balaban J connectivity index is 1.20. The van der Waals surface area contributed by atoms with Crippen LogP contribution in [0.25, 0.3) is 0 Å². The summed E-state index contributed by atoms with van der Waals surface area (Å²) in [5, 5.41) is 5.97. The van der Waals surface area contributed by atoms with Crippen molar-refractivity contribution in [3.63, 3.8) is 0 Å². The molecule has 1 aliphatic rings. The number of benzene rings is 3. The number of carbonyl (C=O) groups excluding carboxylic acids is 2. The average molecular weight is 622 g/mol. The Morgan fingerprint density at radius 2 is 1.54 bits per heavy atom. The molecule has 1 fully saturated rings. The van der Waals surface area contributed by atoms with E-state index in [0.29, 0.717) is 22.2 Å². The molecule has 0 saturated heterocycles. The third-order valence-corrected chi connectivity index (χ3v) is 9.16. The molecule has 0 radical (unpaired) electrons. The first kappa shape index (κ1) is 30.8. The lowest BCUT2D eigenvalue weighted by molar-refractivity contribution is 0.0689. The standard InChI is InChI=1S/C29H31Cl2FN4O4S/c1-36(28(37)21-2-8-22(30)9-3-21)25-13-6-20(7-14-25)19-4-11-24(12-5-19)35-29(38)33-16-17-34-41(39,40)27-15-10-23(31)18-26(27)32/h2-5,8-12,15,18,20,25,34H,6-7,13-14,16-17H2,1H3,(H2,33,35,38). The van der Waals surface area contributed by atoms with Crippen molar-refractivity contribution < 1.29 is 22.4 Å². The van der Waals surface area contributed by atoms with Gasteiger partial charge in [0.25, 0.3) is 5.91 Å². The van der Waals surface area contributed by atoms with Crippen LogP contribution in [0.3, 0.4) is 0 Å². The van der Waals surface area contributed by atoms with Crippen molar-refractivity contribution in [1.29, 1.82) is 0 Å². The maximum absolute atomic E-state index is 13.9. The molecule has 0 aromatic heterocycles. The van der Waals surface area contributed by atoms with Gasteiger partial charge in [-0.25, -0.2) is 22.3 Å². The fourth-order valence-corrected chi connectivity index (χ4v) is 6.28. The lowest BCUT2D eigenvalue weighted by Crippen LogP contribution is -2.39. The van der Waals surface area contributed by atoms with Gasteiger partial charge in [0.15, 0.2) is 0 Å². The number of halogens is 3. The third kappa shape index (κ3) is 8.19. The number of hydrogen-bond acceptors (Lipinski definition) is 4. The van der Waals surface area contributed by atoms with Gasteiger partial charge in [-0.05, 0) is 91.8 Å². The first-order valence-electron chi connectivity index (χ1n) is 13.2. The van der Waals surface area contributed by atoms with Crippen LogP contribution in [-0.2, 0) is 10.0 Å². The minimum atomic E-state index is -4.09. The molecule has 3 N–H and O–H groups in total. The summed E-state index contributed by atoms with van der Waals surface area (Å²) in [4.78, 5) is 26.4. The Kier molecular flexibility index (Phi) is 10.2. The van der Waals surface area contributed by atoms with Crippen molar-refractivity contribution in [3.05, 3.63) is 93.7 Å². The molecule has 0 spiro atoms. The van der Waals surface area contributed by atoms with Gasteiger partial charge in [-0.3, -0.25) is 4.79 Å². The maximum Gasteiger partial charge on any atom is 0.319 e. The Bertz CT molecular complexity index is 1480. The minimum Gasteiger partial charge on any atom is -0.339 e. The van der Waals surface area contributed by atoms with E-state index in [1.807, 2.05) is 36.2 Å². The van der Waals surface area contributed by atoms with Crippen molar-refractivity contribution >= 4 is 50.9 Å². The molecule has 0 unspecified atom stereocenters. The van der Waals surface area contributed by atoms with E-state index in [1.165, 1.54) is 11.6 Å². The van der Waals surface area contributed by atoms with E-state index in [0.717, 1.165) is 37.8 Å². The molecular formula is C29H31Cl2FN4O4S. The summed E-state index contributed by atoms with van der Waals surface area (Å²) in [6.07, 6.45) is 3.70. The first-order chi connectivity index (χ1) is 19.5. The van der Waals surface area contributed by atoms with Crippen LogP contribution in [0.2, 0.25) is 10.0 Å². The van der Waals surface area contributed by atoms with E-state index in [2.05, 4.69) is 15.4 Å². The molecule has 218 valence electrons. The lowest BCUT2D eigenvalue weighted by Gasteiger charge is -2.35. The second kappa shape index (κ2) is 13.7. The highest BCUT2D eigenvalue weighted by Crippen LogP contribution is 2.35. The van der Waals surface area contributed by atoms with Crippen molar-refractivity contribution in [2.75, 3.05) is 25.5 Å². The van der Waals surface area contributed by atoms with Crippen LogP contribution in [0.5, 0.6) is 0 Å². The van der Waals surface area contributed by atoms with Crippen LogP contribution in [0.1, 0.15) is 47.5 Å². The molecule has 4 rings (SSSR count). The molecule has 3 amide bonds. The zero-order valence-electron chi connectivity index (χ0n) is 22.4. The van der Waals surface area contributed by atoms with Crippen LogP contribution >= 0.6 is 23.2 Å². The first-order valence-corrected chi connectivity index (χ1v) is 15.4. The van der Waals surface area contributed by atoms with Gasteiger partial charge in [0.1, 0.15) is 10.7 Å². The van der Waals surface area contributed by atoms with Crippen molar-refractivity contribution in [2.24, 2.45) is 0 Å². The molecule has 8 nitrogen and oxygen atoms in total. The number of nitrogens with zero attached hydrogens (tertiary/aromatic N) is 1. The highest BCUT2D eigenvalue weighted by molar-refractivity contribution is 7.89. The molecule has 0 aliphatic heterocycles. The fraction of sp³-hybridized carbons (Fsp3) is 0.310. The molecule has 1 aliphatic carbocycles. The van der Waals surface area contributed by atoms with E-state index in [9.17, 15) is 22.4 Å². The topological polar surface area (TPSA) is 108 Å². The molecule has 12 heteroatoms. The highest BCUT2D eigenvalue weighted by atomic mass is 35.5. The lowest BCUT2D eigenvalue weighted by atomic mass is 9.81. The zero-order valence-corrected chi connectivity index (χ0v) is 24.7. The number of anilines is 1. The summed E-state index contributed by atoms with van der Waals surface area (Å²) in [5.74, 6) is -0.595. The molecule has 41 heavy (non-hydrogen) atoms. The summed E-state index contributed by atoms with van der Waals surface area (Å²) < 4.78 is 40.7. The van der Waals surface area contributed by atoms with Crippen LogP contribution in [-0.4, -0.2) is 51.4 Å². The highest BCUT2D eigenvalue weighted by Gasteiger charge is 2.28. The van der Waals surface area contributed by atoms with E-state index in [1.54, 1.807) is 24.3 Å². The van der Waals surface area contributed by atoms with Crippen molar-refractivity contribution in [3.8, 4) is 0 Å². The van der Waals surface area contributed by atoms with Crippen LogP contribution < -0.4 is 15.4 Å². The third-order valence-electron chi connectivity index (χ3n) is 7.18. The molecule has 0 heterocycles. The van der Waals surface area contributed by atoms with E-state index >= 15 is 0 Å². The van der Waals surface area contributed by atoms with Crippen LogP contribution in [0, 0.1) is 5.82 Å². The Morgan fingerprint density at radius 3 is 2.17 bits per heavy atom. The van der Waals surface area contributed by atoms with Crippen molar-refractivity contribution in [2.45, 2.75) is 42.5 Å². The maximum atomic E-state index is 13.9. The zero-order chi connectivity index (χ0) is 29.6. The summed E-state index contributed by atoms with van der Waals surface area (Å²) in [6.45, 7) is -0.128. The summed E-state index contributed by atoms with van der Waals surface area (Å²) in [6, 6.07) is 17.5. The van der Waals surface area contributed by atoms with E-state index in [-0.39, 0.29) is 30.1 Å². The van der Waals surface area contributed by atoms with Gasteiger partial charge in [-0.15, -0.1) is 0 Å². The smallest absolute Gasteiger partial charge is 0.319 e. The number of amides is 3. The summed E-state index contributed by atoms with van der Waals surface area (Å²) in [7, 11) is -2.24. The van der Waals surface area contributed by atoms with Gasteiger partial charge in [0.05, 0.1) is 0 Å². The largest absolute Gasteiger partial charge is 0.339 e. The molecule has 0 atom stereocenters. The molecule has 3 aromatic rings. The minimum absolute atomic E-state index is 0.00341. The Labute approximate surface area is 249 Å². The molecule has 1 saturated carbocycles. The Morgan fingerprint density at radius 1 is 0.902 bits per heavy atom. The second-order valence-corrected chi connectivity index (χ2v) is 12.5. The monoisotopic (exact) mass is 620 g/mol. The number of nitrogens with one attached hydrogen (secondary N) is 3. The van der Waals surface area contributed by atoms with Gasteiger partial charge in [-0.1, -0.05) is 35.3 Å². The van der Waals surface area contributed by atoms with Gasteiger partial charge < -0.3 is 15.5 Å². The predicted molar refractivity (Wildman–Crippen MR) is 159 cm³/mol. The van der Waals surface area contributed by atoms with Crippen molar-refractivity contribution in [1.82, 2.24) is 14.9 Å². The summed E-state index contributed by atoms with van der Waals surface area (Å²) >= 11 is 11.6.